The Morgan fingerprint density at radius 1 is 1.50 bits per heavy atom. The Balaban J connectivity index is 4.16. The van der Waals surface area contributed by atoms with E-state index in [0.717, 1.165) is 30.5 Å². The molecule has 0 aliphatic heterocycles. The zero-order valence-corrected chi connectivity index (χ0v) is 6.65. The van der Waals surface area contributed by atoms with Gasteiger partial charge in [0.1, 0.15) is 0 Å². The molecule has 0 heterocycles. The fourth-order valence-electron chi connectivity index (χ4n) is 0.798. The molecule has 0 spiro atoms. The van der Waals surface area contributed by atoms with Gasteiger partial charge in [-0.1, -0.05) is 20.3 Å². The molecular weight excluding hydrogens is 124 g/mol. The molecule has 0 saturated carbocycles. The van der Waals surface area contributed by atoms with Crippen molar-refractivity contribution >= 4 is 0 Å². The lowest BCUT2D eigenvalue weighted by Crippen LogP contribution is -2.00. The predicted octanol–water partition coefficient (Wildman–Crippen LogP) is 1.93. The molecule has 0 radical (unpaired) electrons. The quantitative estimate of drug-likeness (QED) is 0.606. The van der Waals surface area contributed by atoms with Gasteiger partial charge in [0.05, 0.1) is 6.07 Å². The van der Waals surface area contributed by atoms with Gasteiger partial charge in [-0.3, -0.25) is 0 Å². The third-order valence-electron chi connectivity index (χ3n) is 1.40. The van der Waals surface area contributed by atoms with E-state index in [9.17, 15) is 0 Å². The maximum Gasteiger partial charge on any atom is 0.0965 e. The molecule has 0 aromatic carbocycles. The molecule has 10 heavy (non-hydrogen) atoms. The molecule has 0 aromatic rings. The van der Waals surface area contributed by atoms with E-state index in [4.69, 9.17) is 11.0 Å². The second-order valence-corrected chi connectivity index (χ2v) is 2.22. The van der Waals surface area contributed by atoms with Crippen LogP contribution in [0.2, 0.25) is 0 Å². The average Bonchev–Trinajstić information content (AvgIpc) is 1.91. The molecule has 0 aliphatic carbocycles. The van der Waals surface area contributed by atoms with Crippen LogP contribution >= 0.6 is 0 Å². The van der Waals surface area contributed by atoms with E-state index in [1.165, 1.54) is 0 Å². The Morgan fingerprint density at radius 2 is 2.10 bits per heavy atom. The maximum atomic E-state index is 8.54. The van der Waals surface area contributed by atoms with Gasteiger partial charge in [0.2, 0.25) is 0 Å². The van der Waals surface area contributed by atoms with Gasteiger partial charge in [-0.15, -0.1) is 0 Å². The van der Waals surface area contributed by atoms with Crippen LogP contribution in [0.15, 0.2) is 11.3 Å². The van der Waals surface area contributed by atoms with Crippen LogP contribution in [-0.4, -0.2) is 0 Å². The Kier molecular flexibility index (Phi) is 4.39. The monoisotopic (exact) mass is 138 g/mol. The highest BCUT2D eigenvalue weighted by Crippen LogP contribution is 2.07. The average molecular weight is 138 g/mol. The minimum Gasteiger partial charge on any atom is -0.401 e. The SMILES string of the molecule is CCCC(N)=C(C#N)CC. The predicted molar refractivity (Wildman–Crippen MR) is 42.0 cm³/mol. The van der Waals surface area contributed by atoms with Crippen molar-refractivity contribution in [2.24, 2.45) is 5.73 Å². The zero-order valence-electron chi connectivity index (χ0n) is 6.65. The first-order valence-electron chi connectivity index (χ1n) is 3.63. The Labute approximate surface area is 62.3 Å². The molecule has 0 bridgehead atoms. The second-order valence-electron chi connectivity index (χ2n) is 2.22. The highest BCUT2D eigenvalue weighted by Gasteiger charge is 1.97. The third-order valence-corrected chi connectivity index (χ3v) is 1.40. The lowest BCUT2D eigenvalue weighted by Gasteiger charge is -1.99. The molecule has 0 unspecified atom stereocenters. The van der Waals surface area contributed by atoms with Gasteiger partial charge in [0, 0.05) is 11.3 Å². The topological polar surface area (TPSA) is 49.8 Å². The van der Waals surface area contributed by atoms with Gasteiger partial charge < -0.3 is 5.73 Å². The van der Waals surface area contributed by atoms with E-state index in [1.807, 2.05) is 6.92 Å². The van der Waals surface area contributed by atoms with E-state index >= 15 is 0 Å². The van der Waals surface area contributed by atoms with Crippen molar-refractivity contribution in [1.82, 2.24) is 0 Å². The minimum absolute atomic E-state index is 0.738. The molecular formula is C8H14N2. The Hall–Kier alpha value is -0.970. The minimum atomic E-state index is 0.738. The summed E-state index contributed by atoms with van der Waals surface area (Å²) in [6, 6.07) is 2.09. The number of rotatable bonds is 3. The van der Waals surface area contributed by atoms with Gasteiger partial charge in [-0.2, -0.15) is 5.26 Å². The van der Waals surface area contributed by atoms with Crippen LogP contribution < -0.4 is 5.73 Å². The van der Waals surface area contributed by atoms with Crippen molar-refractivity contribution in [1.29, 1.82) is 5.26 Å². The molecule has 0 atom stereocenters. The first kappa shape index (κ1) is 9.03. The van der Waals surface area contributed by atoms with Gasteiger partial charge >= 0.3 is 0 Å². The normalized spacial score (nSPS) is 12.1. The van der Waals surface area contributed by atoms with Crippen molar-refractivity contribution < 1.29 is 0 Å². The van der Waals surface area contributed by atoms with Crippen LogP contribution in [0.4, 0.5) is 0 Å². The van der Waals surface area contributed by atoms with Gasteiger partial charge in [0.15, 0.2) is 0 Å². The molecule has 0 fully saturated rings. The number of nitrogens with zero attached hydrogens (tertiary/aromatic N) is 1. The molecule has 2 nitrogen and oxygen atoms in total. The van der Waals surface area contributed by atoms with E-state index < -0.39 is 0 Å². The number of nitrogens with two attached hydrogens (primary N) is 1. The van der Waals surface area contributed by atoms with E-state index in [-0.39, 0.29) is 0 Å². The van der Waals surface area contributed by atoms with Crippen molar-refractivity contribution in [3.63, 3.8) is 0 Å². The second kappa shape index (κ2) is 4.87. The molecule has 0 amide bonds. The number of allylic oxidation sites excluding steroid dienone is 2. The fourth-order valence-corrected chi connectivity index (χ4v) is 0.798. The highest BCUT2D eigenvalue weighted by atomic mass is 14.6. The summed E-state index contributed by atoms with van der Waals surface area (Å²) < 4.78 is 0. The highest BCUT2D eigenvalue weighted by molar-refractivity contribution is 5.25. The molecule has 56 valence electrons. The summed E-state index contributed by atoms with van der Waals surface area (Å²) in [5, 5.41) is 8.54. The van der Waals surface area contributed by atoms with E-state index in [1.54, 1.807) is 0 Å². The number of nitriles is 1. The van der Waals surface area contributed by atoms with Crippen LogP contribution in [-0.2, 0) is 0 Å². The molecule has 0 saturated heterocycles. The first-order valence-corrected chi connectivity index (χ1v) is 3.63. The van der Waals surface area contributed by atoms with Crippen LogP contribution in [0.3, 0.4) is 0 Å². The lowest BCUT2D eigenvalue weighted by atomic mass is 10.1. The van der Waals surface area contributed by atoms with Gasteiger partial charge in [-0.05, 0) is 12.8 Å². The Bertz CT molecular complexity index is 163. The summed E-state index contributed by atoms with van der Waals surface area (Å²) in [7, 11) is 0. The van der Waals surface area contributed by atoms with Crippen LogP contribution in [0, 0.1) is 11.3 Å². The number of hydrogen-bond donors (Lipinski definition) is 1. The molecule has 2 N–H and O–H groups in total. The molecule has 0 rings (SSSR count). The fraction of sp³-hybridized carbons (Fsp3) is 0.625. The van der Waals surface area contributed by atoms with E-state index in [2.05, 4.69) is 13.0 Å². The van der Waals surface area contributed by atoms with Crippen molar-refractivity contribution in [2.45, 2.75) is 33.1 Å². The van der Waals surface area contributed by atoms with Crippen molar-refractivity contribution in [2.75, 3.05) is 0 Å². The molecule has 2 heteroatoms. The van der Waals surface area contributed by atoms with Crippen LogP contribution in [0.1, 0.15) is 33.1 Å². The lowest BCUT2D eigenvalue weighted by molar-refractivity contribution is 0.871. The number of hydrogen-bond acceptors (Lipinski definition) is 2. The zero-order chi connectivity index (χ0) is 7.98. The van der Waals surface area contributed by atoms with E-state index in [0.29, 0.717) is 0 Å². The largest absolute Gasteiger partial charge is 0.401 e. The summed E-state index contributed by atoms with van der Waals surface area (Å²) in [5.74, 6) is 0. The summed E-state index contributed by atoms with van der Waals surface area (Å²) in [6.07, 6.45) is 2.61. The van der Waals surface area contributed by atoms with Crippen LogP contribution in [0.5, 0.6) is 0 Å². The summed E-state index contributed by atoms with van der Waals surface area (Å²) >= 11 is 0. The first-order chi connectivity index (χ1) is 4.76. The standard InChI is InChI=1S/C8H14N2/c1-3-5-8(10)7(4-2)6-9/h3-5,10H2,1-2H3. The summed E-state index contributed by atoms with van der Waals surface area (Å²) in [6.45, 7) is 4.00. The molecule has 0 aliphatic rings. The van der Waals surface area contributed by atoms with Crippen LogP contribution in [0.25, 0.3) is 0 Å². The summed E-state index contributed by atoms with van der Waals surface area (Å²) in [4.78, 5) is 0. The maximum absolute atomic E-state index is 8.54. The third kappa shape index (κ3) is 2.54. The Morgan fingerprint density at radius 3 is 2.40 bits per heavy atom. The molecule has 0 aromatic heterocycles. The van der Waals surface area contributed by atoms with Gasteiger partial charge in [-0.25, -0.2) is 0 Å². The smallest absolute Gasteiger partial charge is 0.0965 e. The van der Waals surface area contributed by atoms with Gasteiger partial charge in [0.25, 0.3) is 0 Å². The van der Waals surface area contributed by atoms with Crippen molar-refractivity contribution in [3.05, 3.63) is 11.3 Å². The summed E-state index contributed by atoms with van der Waals surface area (Å²) in [5.41, 5.74) is 7.10. The van der Waals surface area contributed by atoms with Crippen molar-refractivity contribution in [3.8, 4) is 6.07 Å².